The van der Waals surface area contributed by atoms with Gasteiger partial charge in [-0.15, -0.1) is 0 Å². The molecule has 1 heteroatoms. The Labute approximate surface area is 95.2 Å². The molecule has 0 aromatic heterocycles. The summed E-state index contributed by atoms with van der Waals surface area (Å²) in [6.07, 6.45) is 18.8. The summed E-state index contributed by atoms with van der Waals surface area (Å²) in [5.74, 6) is 0. The number of rotatable bonds is 10. The predicted octanol–water partition coefficient (Wildman–Crippen LogP) is 4.84. The minimum absolute atomic E-state index is 1.20. The summed E-state index contributed by atoms with van der Waals surface area (Å²) in [6.45, 7) is 2.26. The van der Waals surface area contributed by atoms with Crippen molar-refractivity contribution < 1.29 is 4.74 Å². The first-order valence-corrected chi connectivity index (χ1v) is 6.26. The van der Waals surface area contributed by atoms with Crippen molar-refractivity contribution in [1.82, 2.24) is 0 Å². The van der Waals surface area contributed by atoms with Crippen LogP contribution in [0.5, 0.6) is 0 Å². The standard InChI is InChI=1S/C14H26O/c1-3-4-5-6-7-8-9-10-11-12-13-14-15-2/h11-14H,3-10H2,1-2H3. The van der Waals surface area contributed by atoms with Gasteiger partial charge in [-0.05, 0) is 18.9 Å². The van der Waals surface area contributed by atoms with Crippen LogP contribution >= 0.6 is 0 Å². The molecule has 0 amide bonds. The lowest BCUT2D eigenvalue weighted by Gasteiger charge is -1.98. The smallest absolute Gasteiger partial charge is 0.0824 e. The van der Waals surface area contributed by atoms with E-state index in [4.69, 9.17) is 4.74 Å². The van der Waals surface area contributed by atoms with Crippen LogP contribution < -0.4 is 0 Å². The number of hydrogen-bond donors (Lipinski definition) is 0. The maximum atomic E-state index is 4.79. The average Bonchev–Trinajstić information content (AvgIpc) is 2.26. The molecule has 0 saturated carbocycles. The highest BCUT2D eigenvalue weighted by atomic mass is 16.5. The van der Waals surface area contributed by atoms with Crippen LogP contribution in [0.2, 0.25) is 0 Å². The number of ether oxygens (including phenoxy) is 1. The van der Waals surface area contributed by atoms with Gasteiger partial charge in [0.1, 0.15) is 0 Å². The molecule has 0 N–H and O–H groups in total. The van der Waals surface area contributed by atoms with Crippen molar-refractivity contribution in [2.45, 2.75) is 58.3 Å². The van der Waals surface area contributed by atoms with Gasteiger partial charge in [0.15, 0.2) is 0 Å². The molecule has 0 aromatic carbocycles. The minimum atomic E-state index is 1.20. The largest absolute Gasteiger partial charge is 0.504 e. The Morgan fingerprint density at radius 1 is 0.867 bits per heavy atom. The van der Waals surface area contributed by atoms with Gasteiger partial charge >= 0.3 is 0 Å². The van der Waals surface area contributed by atoms with Crippen LogP contribution in [0.1, 0.15) is 58.3 Å². The molecule has 0 aliphatic heterocycles. The van der Waals surface area contributed by atoms with E-state index in [2.05, 4.69) is 19.1 Å². The molecule has 0 radical (unpaired) electrons. The minimum Gasteiger partial charge on any atom is -0.504 e. The summed E-state index contributed by atoms with van der Waals surface area (Å²) in [6, 6.07) is 0. The van der Waals surface area contributed by atoms with E-state index < -0.39 is 0 Å². The number of methoxy groups -OCH3 is 1. The summed E-state index contributed by atoms with van der Waals surface area (Å²) in [7, 11) is 1.67. The molecule has 0 heterocycles. The molecule has 0 unspecified atom stereocenters. The SMILES string of the molecule is CCCCCCCCCC=CC=COC. The summed E-state index contributed by atoms with van der Waals surface area (Å²) in [5.41, 5.74) is 0. The Hall–Kier alpha value is -0.720. The van der Waals surface area contributed by atoms with Crippen LogP contribution in [0.15, 0.2) is 24.5 Å². The topological polar surface area (TPSA) is 9.23 Å². The zero-order valence-electron chi connectivity index (χ0n) is 10.4. The lowest BCUT2D eigenvalue weighted by molar-refractivity contribution is 0.338. The number of allylic oxidation sites excluding steroid dienone is 3. The first-order valence-electron chi connectivity index (χ1n) is 6.26. The second-order valence-electron chi connectivity index (χ2n) is 3.90. The van der Waals surface area contributed by atoms with Crippen molar-refractivity contribution in [1.29, 1.82) is 0 Å². The Kier molecular flexibility index (Phi) is 12.6. The van der Waals surface area contributed by atoms with Crippen LogP contribution in [0.25, 0.3) is 0 Å². The predicted molar refractivity (Wildman–Crippen MR) is 67.9 cm³/mol. The molecular formula is C14H26O. The molecule has 0 rings (SSSR count). The van der Waals surface area contributed by atoms with Crippen LogP contribution in [0.3, 0.4) is 0 Å². The Morgan fingerprint density at radius 3 is 2.20 bits per heavy atom. The Balaban J connectivity index is 3.04. The van der Waals surface area contributed by atoms with Crippen molar-refractivity contribution in [3.8, 4) is 0 Å². The van der Waals surface area contributed by atoms with Crippen LogP contribution in [0, 0.1) is 0 Å². The summed E-state index contributed by atoms with van der Waals surface area (Å²) < 4.78 is 4.79. The van der Waals surface area contributed by atoms with E-state index in [-0.39, 0.29) is 0 Å². The molecule has 0 aliphatic rings. The maximum absolute atomic E-state index is 4.79. The van der Waals surface area contributed by atoms with E-state index in [0.29, 0.717) is 0 Å². The van der Waals surface area contributed by atoms with Gasteiger partial charge in [-0.2, -0.15) is 0 Å². The fourth-order valence-corrected chi connectivity index (χ4v) is 1.52. The van der Waals surface area contributed by atoms with Gasteiger partial charge in [-0.3, -0.25) is 0 Å². The highest BCUT2D eigenvalue weighted by Crippen LogP contribution is 2.08. The second-order valence-corrected chi connectivity index (χ2v) is 3.90. The van der Waals surface area contributed by atoms with Gasteiger partial charge in [0.05, 0.1) is 13.4 Å². The van der Waals surface area contributed by atoms with Crippen LogP contribution in [0.4, 0.5) is 0 Å². The summed E-state index contributed by atoms with van der Waals surface area (Å²) in [5, 5.41) is 0. The van der Waals surface area contributed by atoms with Crippen molar-refractivity contribution >= 4 is 0 Å². The second kappa shape index (κ2) is 13.3. The van der Waals surface area contributed by atoms with Gasteiger partial charge in [0.2, 0.25) is 0 Å². The molecule has 1 nitrogen and oxygen atoms in total. The van der Waals surface area contributed by atoms with Gasteiger partial charge in [-0.1, -0.05) is 57.6 Å². The molecule has 0 bridgehead atoms. The summed E-state index contributed by atoms with van der Waals surface area (Å²) in [4.78, 5) is 0. The monoisotopic (exact) mass is 210 g/mol. The van der Waals surface area contributed by atoms with E-state index in [1.807, 2.05) is 6.08 Å². The molecule has 88 valence electrons. The van der Waals surface area contributed by atoms with Crippen molar-refractivity contribution in [2.24, 2.45) is 0 Å². The fourth-order valence-electron chi connectivity index (χ4n) is 1.52. The third kappa shape index (κ3) is 13.3. The van der Waals surface area contributed by atoms with E-state index in [9.17, 15) is 0 Å². The van der Waals surface area contributed by atoms with Gasteiger partial charge in [-0.25, -0.2) is 0 Å². The Bertz CT molecular complexity index is 159. The molecule has 0 aromatic rings. The maximum Gasteiger partial charge on any atom is 0.0824 e. The molecule has 0 saturated heterocycles. The van der Waals surface area contributed by atoms with Gasteiger partial charge in [0, 0.05) is 0 Å². The first kappa shape index (κ1) is 14.3. The molecule has 0 spiro atoms. The average molecular weight is 210 g/mol. The zero-order valence-corrected chi connectivity index (χ0v) is 10.4. The molecule has 0 fully saturated rings. The highest BCUT2D eigenvalue weighted by Gasteiger charge is 1.88. The third-order valence-corrected chi connectivity index (χ3v) is 2.44. The quantitative estimate of drug-likeness (QED) is 0.285. The van der Waals surface area contributed by atoms with E-state index >= 15 is 0 Å². The number of hydrogen-bond acceptors (Lipinski definition) is 1. The lowest BCUT2D eigenvalue weighted by atomic mass is 10.1. The number of unbranched alkanes of at least 4 members (excludes halogenated alkanes) is 7. The van der Waals surface area contributed by atoms with Crippen LogP contribution in [-0.4, -0.2) is 7.11 Å². The normalized spacial score (nSPS) is 11.6. The highest BCUT2D eigenvalue weighted by molar-refractivity contribution is 4.99. The lowest BCUT2D eigenvalue weighted by Crippen LogP contribution is -1.78. The fraction of sp³-hybridized carbons (Fsp3) is 0.714. The molecular weight excluding hydrogens is 184 g/mol. The molecule has 0 aliphatic carbocycles. The van der Waals surface area contributed by atoms with Gasteiger partial charge < -0.3 is 4.74 Å². The molecule has 15 heavy (non-hydrogen) atoms. The van der Waals surface area contributed by atoms with E-state index in [0.717, 1.165) is 0 Å². The van der Waals surface area contributed by atoms with E-state index in [1.165, 1.54) is 51.4 Å². The van der Waals surface area contributed by atoms with E-state index in [1.54, 1.807) is 13.4 Å². The van der Waals surface area contributed by atoms with Crippen LogP contribution in [-0.2, 0) is 4.74 Å². The first-order chi connectivity index (χ1) is 7.41. The zero-order chi connectivity index (χ0) is 11.2. The Morgan fingerprint density at radius 2 is 1.53 bits per heavy atom. The molecule has 0 atom stereocenters. The third-order valence-electron chi connectivity index (χ3n) is 2.44. The summed E-state index contributed by atoms with van der Waals surface area (Å²) >= 11 is 0. The van der Waals surface area contributed by atoms with Crippen molar-refractivity contribution in [3.63, 3.8) is 0 Å². The van der Waals surface area contributed by atoms with Gasteiger partial charge in [0.25, 0.3) is 0 Å². The van der Waals surface area contributed by atoms with Crippen molar-refractivity contribution in [2.75, 3.05) is 7.11 Å². The van der Waals surface area contributed by atoms with Crippen molar-refractivity contribution in [3.05, 3.63) is 24.5 Å².